The minimum Gasteiger partial charge on any atom is -0.508 e. The highest BCUT2D eigenvalue weighted by molar-refractivity contribution is 5.82. The number of benzene rings is 4. The molecule has 0 atom stereocenters. The lowest BCUT2D eigenvalue weighted by Crippen LogP contribution is -2.13. The van der Waals surface area contributed by atoms with E-state index in [2.05, 4.69) is 0 Å². The Morgan fingerprint density at radius 2 is 1.14 bits per heavy atom. The van der Waals surface area contributed by atoms with Crippen LogP contribution in [0.25, 0.3) is 0 Å². The SMILES string of the molecule is Cc1cc(C)c(N(c2cccc(Oc3c(O)ccc(C)c3C)c2)c2cc(O)c(C)cc2C)cc1O. The largest absolute Gasteiger partial charge is 0.508 e. The Morgan fingerprint density at radius 3 is 1.71 bits per heavy atom. The van der Waals surface area contributed by atoms with Gasteiger partial charge in [0.25, 0.3) is 0 Å². The molecule has 0 aliphatic heterocycles. The third kappa shape index (κ3) is 4.62. The van der Waals surface area contributed by atoms with E-state index in [1.807, 2.05) is 88.9 Å². The molecule has 4 rings (SSSR count). The molecule has 0 amide bonds. The first-order valence-electron chi connectivity index (χ1n) is 11.5. The Balaban J connectivity index is 1.90. The van der Waals surface area contributed by atoms with Gasteiger partial charge in [0.15, 0.2) is 11.5 Å². The van der Waals surface area contributed by atoms with Crippen molar-refractivity contribution in [2.45, 2.75) is 41.5 Å². The highest BCUT2D eigenvalue weighted by atomic mass is 16.5. The van der Waals surface area contributed by atoms with E-state index in [1.165, 1.54) is 0 Å². The van der Waals surface area contributed by atoms with Gasteiger partial charge in [0, 0.05) is 23.9 Å². The molecule has 4 aromatic carbocycles. The Kier molecular flexibility index (Phi) is 6.35. The van der Waals surface area contributed by atoms with Crippen molar-refractivity contribution in [1.82, 2.24) is 0 Å². The molecule has 0 aliphatic carbocycles. The fourth-order valence-electron chi connectivity index (χ4n) is 4.26. The number of phenolic OH excluding ortho intramolecular Hbond substituents is 3. The van der Waals surface area contributed by atoms with Gasteiger partial charge in [-0.05, 0) is 93.1 Å². The smallest absolute Gasteiger partial charge is 0.172 e. The number of hydrogen-bond acceptors (Lipinski definition) is 5. The molecule has 5 nitrogen and oxygen atoms in total. The molecule has 0 aliphatic rings. The van der Waals surface area contributed by atoms with Gasteiger partial charge in [0.1, 0.15) is 17.2 Å². The van der Waals surface area contributed by atoms with Crippen LogP contribution in [0.4, 0.5) is 17.1 Å². The number of phenols is 3. The second-order valence-corrected chi connectivity index (χ2v) is 9.14. The van der Waals surface area contributed by atoms with Gasteiger partial charge in [-0.1, -0.05) is 24.3 Å². The Morgan fingerprint density at radius 1 is 0.571 bits per heavy atom. The molecule has 5 heteroatoms. The zero-order chi connectivity index (χ0) is 25.4. The van der Waals surface area contributed by atoms with Crippen LogP contribution in [0.5, 0.6) is 28.7 Å². The minimum atomic E-state index is 0.0777. The van der Waals surface area contributed by atoms with E-state index in [1.54, 1.807) is 18.2 Å². The van der Waals surface area contributed by atoms with Crippen LogP contribution in [-0.2, 0) is 0 Å². The molecule has 35 heavy (non-hydrogen) atoms. The number of hydrogen-bond donors (Lipinski definition) is 3. The molecule has 0 bridgehead atoms. The molecule has 0 saturated heterocycles. The van der Waals surface area contributed by atoms with E-state index in [9.17, 15) is 15.3 Å². The molecule has 0 unspecified atom stereocenters. The maximum Gasteiger partial charge on any atom is 0.172 e. The quantitative estimate of drug-likeness (QED) is 0.277. The topological polar surface area (TPSA) is 73.2 Å². The number of aromatic hydroxyl groups is 3. The van der Waals surface area contributed by atoms with Crippen molar-refractivity contribution in [2.24, 2.45) is 0 Å². The van der Waals surface area contributed by atoms with E-state index < -0.39 is 0 Å². The summed E-state index contributed by atoms with van der Waals surface area (Å²) in [6, 6.07) is 18.4. The van der Waals surface area contributed by atoms with Gasteiger partial charge < -0.3 is 25.0 Å². The second-order valence-electron chi connectivity index (χ2n) is 9.14. The van der Waals surface area contributed by atoms with Gasteiger partial charge in [-0.25, -0.2) is 0 Å². The number of anilines is 3. The summed E-state index contributed by atoms with van der Waals surface area (Å²) >= 11 is 0. The molecule has 0 saturated carbocycles. The fourth-order valence-corrected chi connectivity index (χ4v) is 4.26. The third-order valence-electron chi connectivity index (χ3n) is 6.46. The number of rotatable bonds is 5. The van der Waals surface area contributed by atoms with Gasteiger partial charge in [0.2, 0.25) is 0 Å². The maximum absolute atomic E-state index is 10.5. The summed E-state index contributed by atoms with van der Waals surface area (Å²) in [5.41, 5.74) is 7.76. The summed E-state index contributed by atoms with van der Waals surface area (Å²) in [6.45, 7) is 11.6. The lowest BCUT2D eigenvalue weighted by atomic mass is 10.0. The van der Waals surface area contributed by atoms with Crippen molar-refractivity contribution in [2.75, 3.05) is 4.90 Å². The van der Waals surface area contributed by atoms with Crippen LogP contribution in [0.1, 0.15) is 33.4 Å². The molecule has 4 aromatic rings. The molecule has 0 heterocycles. The van der Waals surface area contributed by atoms with Crippen LogP contribution in [-0.4, -0.2) is 15.3 Å². The van der Waals surface area contributed by atoms with Gasteiger partial charge in [-0.2, -0.15) is 0 Å². The zero-order valence-corrected chi connectivity index (χ0v) is 21.0. The predicted molar refractivity (Wildman–Crippen MR) is 141 cm³/mol. The summed E-state index contributed by atoms with van der Waals surface area (Å²) in [5.74, 6) is 1.44. The van der Waals surface area contributed by atoms with E-state index in [4.69, 9.17) is 4.74 Å². The summed E-state index contributed by atoms with van der Waals surface area (Å²) < 4.78 is 6.15. The number of ether oxygens (including phenoxy) is 1. The highest BCUT2D eigenvalue weighted by Gasteiger charge is 2.20. The first-order chi connectivity index (χ1) is 16.6. The van der Waals surface area contributed by atoms with Crippen LogP contribution in [0.2, 0.25) is 0 Å². The summed E-state index contributed by atoms with van der Waals surface area (Å²) in [4.78, 5) is 2.00. The van der Waals surface area contributed by atoms with Crippen LogP contribution in [0, 0.1) is 41.5 Å². The lowest BCUT2D eigenvalue weighted by Gasteiger charge is -2.29. The van der Waals surface area contributed by atoms with Crippen LogP contribution in [0.15, 0.2) is 60.7 Å². The van der Waals surface area contributed by atoms with Crippen molar-refractivity contribution < 1.29 is 20.1 Å². The third-order valence-corrected chi connectivity index (χ3v) is 6.46. The zero-order valence-electron chi connectivity index (χ0n) is 21.0. The van der Waals surface area contributed by atoms with Crippen molar-refractivity contribution in [3.05, 3.63) is 94.0 Å². The molecule has 0 spiro atoms. The standard InChI is InChI=1S/C30H31NO4/c1-17-10-11-27(32)30(22(17)6)35-24-9-7-8-23(14-24)31(25-15-28(33)20(4)12-18(25)2)26-16-29(34)21(5)13-19(26)3/h7-16,32-34H,1-6H3. The van der Waals surface area contributed by atoms with Crippen molar-refractivity contribution in [1.29, 1.82) is 0 Å². The predicted octanol–water partition coefficient (Wildman–Crippen LogP) is 7.92. The molecule has 0 aromatic heterocycles. The second kappa shape index (κ2) is 9.26. The molecule has 3 N–H and O–H groups in total. The van der Waals surface area contributed by atoms with Crippen LogP contribution < -0.4 is 9.64 Å². The van der Waals surface area contributed by atoms with E-state index in [0.717, 1.165) is 50.4 Å². The summed E-state index contributed by atoms with van der Waals surface area (Å²) in [7, 11) is 0. The van der Waals surface area contributed by atoms with E-state index in [-0.39, 0.29) is 17.2 Å². The van der Waals surface area contributed by atoms with Crippen molar-refractivity contribution in [3.8, 4) is 28.7 Å². The van der Waals surface area contributed by atoms with Crippen molar-refractivity contribution >= 4 is 17.1 Å². The molecule has 0 fully saturated rings. The molecule has 180 valence electrons. The first kappa shape index (κ1) is 24.0. The Hall–Kier alpha value is -4.12. The van der Waals surface area contributed by atoms with E-state index >= 15 is 0 Å². The molecular formula is C30H31NO4. The highest BCUT2D eigenvalue weighted by Crippen LogP contribution is 2.44. The van der Waals surface area contributed by atoms with Gasteiger partial charge in [0.05, 0.1) is 11.4 Å². The molecular weight excluding hydrogens is 438 g/mol. The summed E-state index contributed by atoms with van der Waals surface area (Å²) in [6.07, 6.45) is 0. The van der Waals surface area contributed by atoms with Gasteiger partial charge in [-0.15, -0.1) is 0 Å². The van der Waals surface area contributed by atoms with Crippen LogP contribution >= 0.6 is 0 Å². The Labute approximate surface area is 206 Å². The Bertz CT molecular complexity index is 1370. The average Bonchev–Trinajstić information content (AvgIpc) is 2.81. The normalized spacial score (nSPS) is 10.9. The molecule has 0 radical (unpaired) electrons. The average molecular weight is 470 g/mol. The number of aryl methyl sites for hydroxylation is 5. The van der Waals surface area contributed by atoms with Gasteiger partial charge in [-0.3, -0.25) is 0 Å². The fraction of sp³-hybridized carbons (Fsp3) is 0.200. The van der Waals surface area contributed by atoms with Crippen LogP contribution in [0.3, 0.4) is 0 Å². The lowest BCUT2D eigenvalue weighted by molar-refractivity contribution is 0.408. The van der Waals surface area contributed by atoms with Gasteiger partial charge >= 0.3 is 0 Å². The number of nitrogens with zero attached hydrogens (tertiary/aromatic N) is 1. The monoisotopic (exact) mass is 469 g/mol. The summed E-state index contributed by atoms with van der Waals surface area (Å²) in [5, 5.41) is 31.5. The van der Waals surface area contributed by atoms with Crippen molar-refractivity contribution in [3.63, 3.8) is 0 Å². The van der Waals surface area contributed by atoms with E-state index in [0.29, 0.717) is 11.5 Å². The maximum atomic E-state index is 10.5. The minimum absolute atomic E-state index is 0.0777. The first-order valence-corrected chi connectivity index (χ1v) is 11.5.